The summed E-state index contributed by atoms with van der Waals surface area (Å²) in [5.74, 6) is -0.0840. The molecule has 0 aromatic heterocycles. The van der Waals surface area contributed by atoms with Gasteiger partial charge in [0.05, 0.1) is 4.90 Å². The fourth-order valence-corrected chi connectivity index (χ4v) is 6.13. The minimum absolute atomic E-state index is 0.0655. The number of rotatable bonds is 4. The third-order valence-corrected chi connectivity index (χ3v) is 8.53. The van der Waals surface area contributed by atoms with Crippen LogP contribution in [0.3, 0.4) is 0 Å². The summed E-state index contributed by atoms with van der Waals surface area (Å²) in [6.45, 7) is 2.06. The third-order valence-electron chi connectivity index (χ3n) is 6.61. The number of amides is 1. The number of carbonyl (C=O) groups is 1. The third kappa shape index (κ3) is 3.91. The van der Waals surface area contributed by atoms with Gasteiger partial charge in [0.2, 0.25) is 10.0 Å². The van der Waals surface area contributed by atoms with Crippen LogP contribution in [-0.4, -0.2) is 37.8 Å². The van der Waals surface area contributed by atoms with Crippen molar-refractivity contribution in [1.29, 1.82) is 0 Å². The Morgan fingerprint density at radius 1 is 0.967 bits per heavy atom. The molecule has 1 unspecified atom stereocenters. The van der Waals surface area contributed by atoms with Crippen molar-refractivity contribution >= 4 is 21.6 Å². The van der Waals surface area contributed by atoms with Crippen LogP contribution in [0.4, 0.5) is 5.69 Å². The molecule has 1 amide bonds. The molecule has 1 saturated carbocycles. The first-order valence-electron chi connectivity index (χ1n) is 10.9. The summed E-state index contributed by atoms with van der Waals surface area (Å²) in [5.41, 5.74) is 2.64. The van der Waals surface area contributed by atoms with E-state index in [9.17, 15) is 13.2 Å². The molecule has 0 bridgehead atoms. The van der Waals surface area contributed by atoms with Gasteiger partial charge >= 0.3 is 0 Å². The number of hydrogen-bond acceptors (Lipinski definition) is 3. The molecule has 4 rings (SSSR count). The summed E-state index contributed by atoms with van der Waals surface area (Å²) < 4.78 is 27.6. The summed E-state index contributed by atoms with van der Waals surface area (Å²) >= 11 is 0. The number of aryl methyl sites for hydroxylation is 1. The summed E-state index contributed by atoms with van der Waals surface area (Å²) in [7, 11) is -1.88. The molecule has 160 valence electrons. The second-order valence-corrected chi connectivity index (χ2v) is 10.5. The molecule has 1 aliphatic carbocycles. The normalized spacial score (nSPS) is 20.2. The van der Waals surface area contributed by atoms with Gasteiger partial charge in [-0.25, -0.2) is 8.42 Å². The van der Waals surface area contributed by atoms with E-state index in [2.05, 4.69) is 13.0 Å². The molecular formula is C24H30N2O3S. The molecule has 0 spiro atoms. The number of para-hydroxylation sites is 1. The van der Waals surface area contributed by atoms with Crippen LogP contribution in [-0.2, 0) is 16.4 Å². The number of fused-ring (bicyclic) bond motifs is 1. The van der Waals surface area contributed by atoms with Crippen molar-refractivity contribution in [2.45, 2.75) is 68.8 Å². The number of carbonyl (C=O) groups excluding carboxylic acids is 1. The van der Waals surface area contributed by atoms with Gasteiger partial charge in [-0.3, -0.25) is 4.79 Å². The van der Waals surface area contributed by atoms with Crippen LogP contribution >= 0.6 is 0 Å². The van der Waals surface area contributed by atoms with E-state index in [0.29, 0.717) is 5.56 Å². The molecule has 6 heteroatoms. The number of benzene rings is 2. The molecule has 30 heavy (non-hydrogen) atoms. The van der Waals surface area contributed by atoms with Gasteiger partial charge < -0.3 is 4.90 Å². The van der Waals surface area contributed by atoms with Crippen molar-refractivity contribution < 1.29 is 13.2 Å². The Morgan fingerprint density at radius 2 is 1.63 bits per heavy atom. The molecule has 1 heterocycles. The summed E-state index contributed by atoms with van der Waals surface area (Å²) in [5, 5.41) is 0. The molecule has 2 aromatic rings. The van der Waals surface area contributed by atoms with E-state index in [1.165, 1.54) is 16.3 Å². The van der Waals surface area contributed by atoms with E-state index in [1.54, 1.807) is 31.3 Å². The van der Waals surface area contributed by atoms with Crippen molar-refractivity contribution in [2.24, 2.45) is 0 Å². The number of nitrogens with zero attached hydrogens (tertiary/aromatic N) is 2. The highest BCUT2D eigenvalue weighted by Crippen LogP contribution is 2.32. The van der Waals surface area contributed by atoms with Crippen LogP contribution in [0, 0.1) is 0 Å². The summed E-state index contributed by atoms with van der Waals surface area (Å²) in [6, 6.07) is 14.6. The van der Waals surface area contributed by atoms with Gasteiger partial charge in [0.25, 0.3) is 5.91 Å². The van der Waals surface area contributed by atoms with Gasteiger partial charge in [-0.05, 0) is 68.5 Å². The molecule has 2 aliphatic rings. The van der Waals surface area contributed by atoms with Crippen LogP contribution in [0.1, 0.15) is 61.4 Å². The van der Waals surface area contributed by atoms with Gasteiger partial charge in [-0.2, -0.15) is 4.31 Å². The van der Waals surface area contributed by atoms with Crippen molar-refractivity contribution in [1.82, 2.24) is 4.31 Å². The lowest BCUT2D eigenvalue weighted by molar-refractivity contribution is 0.0975. The van der Waals surface area contributed by atoms with Crippen LogP contribution in [0.25, 0.3) is 0 Å². The molecule has 1 fully saturated rings. The summed E-state index contributed by atoms with van der Waals surface area (Å²) in [6.07, 6.45) is 7.05. The molecular weight excluding hydrogens is 396 g/mol. The predicted molar refractivity (Wildman–Crippen MR) is 119 cm³/mol. The molecule has 0 radical (unpaired) electrons. The maximum Gasteiger partial charge on any atom is 0.258 e. The molecule has 2 aromatic carbocycles. The first-order chi connectivity index (χ1) is 14.4. The SMILES string of the molecule is CC1CCc2ccccc2N1C(=O)c1ccc(S(=O)(=O)N(C)C2CCCCC2)cc1. The van der Waals surface area contributed by atoms with Crippen molar-refractivity contribution in [3.8, 4) is 0 Å². The average molecular weight is 427 g/mol. The summed E-state index contributed by atoms with van der Waals surface area (Å²) in [4.78, 5) is 15.4. The smallest absolute Gasteiger partial charge is 0.258 e. The topological polar surface area (TPSA) is 57.7 Å². The van der Waals surface area contributed by atoms with E-state index in [4.69, 9.17) is 0 Å². The monoisotopic (exact) mass is 426 g/mol. The zero-order valence-corrected chi connectivity index (χ0v) is 18.6. The predicted octanol–water partition coefficient (Wildman–Crippen LogP) is 4.62. The lowest BCUT2D eigenvalue weighted by Crippen LogP contribution is -2.42. The van der Waals surface area contributed by atoms with Gasteiger partial charge in [-0.1, -0.05) is 37.5 Å². The standard InChI is InChI=1S/C24H30N2O3S/c1-18-12-13-19-8-6-7-11-23(19)26(18)24(27)20-14-16-22(17-15-20)30(28,29)25(2)21-9-4-3-5-10-21/h6-8,11,14-18,21H,3-5,9-10,12-13H2,1-2H3. The minimum Gasteiger partial charge on any atom is -0.305 e. The Labute approximate surface area is 179 Å². The first-order valence-corrected chi connectivity index (χ1v) is 12.3. The highest BCUT2D eigenvalue weighted by Gasteiger charge is 2.31. The first kappa shape index (κ1) is 21.1. The van der Waals surface area contributed by atoms with E-state index in [1.807, 2.05) is 23.1 Å². The van der Waals surface area contributed by atoms with Crippen LogP contribution in [0.15, 0.2) is 53.4 Å². The Bertz CT molecular complexity index is 1010. The molecule has 5 nitrogen and oxygen atoms in total. The molecule has 1 atom stereocenters. The number of anilines is 1. The highest BCUT2D eigenvalue weighted by molar-refractivity contribution is 7.89. The molecule has 1 aliphatic heterocycles. The van der Waals surface area contributed by atoms with Gasteiger partial charge in [0, 0.05) is 30.4 Å². The van der Waals surface area contributed by atoms with Gasteiger partial charge in [0.15, 0.2) is 0 Å². The maximum atomic E-state index is 13.3. The zero-order valence-electron chi connectivity index (χ0n) is 17.8. The van der Waals surface area contributed by atoms with E-state index >= 15 is 0 Å². The fraction of sp³-hybridized carbons (Fsp3) is 0.458. The number of hydrogen-bond donors (Lipinski definition) is 0. The fourth-order valence-electron chi connectivity index (χ4n) is 4.71. The highest BCUT2D eigenvalue weighted by atomic mass is 32.2. The largest absolute Gasteiger partial charge is 0.305 e. The van der Waals surface area contributed by atoms with E-state index in [-0.39, 0.29) is 22.9 Å². The Balaban J connectivity index is 1.57. The van der Waals surface area contributed by atoms with E-state index < -0.39 is 10.0 Å². The van der Waals surface area contributed by atoms with Gasteiger partial charge in [0.1, 0.15) is 0 Å². The average Bonchev–Trinajstić information content (AvgIpc) is 2.78. The van der Waals surface area contributed by atoms with Crippen LogP contribution in [0.5, 0.6) is 0 Å². The lowest BCUT2D eigenvalue weighted by atomic mass is 9.96. The Kier molecular flexibility index (Phi) is 5.98. The van der Waals surface area contributed by atoms with Crippen molar-refractivity contribution in [3.05, 3.63) is 59.7 Å². The second-order valence-electron chi connectivity index (χ2n) is 8.53. The zero-order chi connectivity index (χ0) is 21.3. The number of sulfonamides is 1. The molecule has 0 saturated heterocycles. The van der Waals surface area contributed by atoms with Gasteiger partial charge in [-0.15, -0.1) is 0 Å². The molecule has 0 N–H and O–H groups in total. The lowest BCUT2D eigenvalue weighted by Gasteiger charge is -2.35. The van der Waals surface area contributed by atoms with Crippen molar-refractivity contribution in [2.75, 3.05) is 11.9 Å². The maximum absolute atomic E-state index is 13.3. The second kappa shape index (κ2) is 8.52. The van der Waals surface area contributed by atoms with Crippen LogP contribution < -0.4 is 4.90 Å². The Hall–Kier alpha value is -2.18. The minimum atomic E-state index is -3.56. The Morgan fingerprint density at radius 3 is 2.33 bits per heavy atom. The van der Waals surface area contributed by atoms with E-state index in [0.717, 1.165) is 44.2 Å². The quantitative estimate of drug-likeness (QED) is 0.717. The van der Waals surface area contributed by atoms with Crippen molar-refractivity contribution in [3.63, 3.8) is 0 Å². The van der Waals surface area contributed by atoms with Crippen LogP contribution in [0.2, 0.25) is 0 Å².